The summed E-state index contributed by atoms with van der Waals surface area (Å²) in [5.74, 6) is 0.0387. The molecule has 0 radical (unpaired) electrons. The van der Waals surface area contributed by atoms with Gasteiger partial charge in [-0.25, -0.2) is 4.39 Å². The lowest BCUT2D eigenvalue weighted by Crippen LogP contribution is -2.05. The Bertz CT molecular complexity index is 527. The Kier molecular flexibility index (Phi) is 4.12. The molecule has 1 aromatic heterocycles. The summed E-state index contributed by atoms with van der Waals surface area (Å²) < 4.78 is 13.1. The van der Waals surface area contributed by atoms with Gasteiger partial charge in [0, 0.05) is 22.6 Å². The molecule has 2 rings (SSSR count). The van der Waals surface area contributed by atoms with E-state index in [1.165, 1.54) is 6.07 Å². The van der Waals surface area contributed by atoms with Gasteiger partial charge in [-0.15, -0.1) is 0 Å². The Hall–Kier alpha value is -1.22. The van der Waals surface area contributed by atoms with E-state index in [1.54, 1.807) is 12.3 Å². The summed E-state index contributed by atoms with van der Waals surface area (Å²) in [6.07, 6.45) is 1.79. The maximum absolute atomic E-state index is 13.1. The van der Waals surface area contributed by atoms with Gasteiger partial charge in [0.05, 0.1) is 0 Å². The van der Waals surface area contributed by atoms with Gasteiger partial charge in [-0.05, 0) is 42.3 Å². The summed E-state index contributed by atoms with van der Waals surface area (Å²) in [4.78, 5) is 4.50. The van der Waals surface area contributed by atoms with Crippen molar-refractivity contribution < 1.29 is 4.39 Å². The third-order valence-corrected chi connectivity index (χ3v) is 4.41. The van der Waals surface area contributed by atoms with Crippen LogP contribution in [0.4, 0.5) is 4.39 Å². The number of benzene rings is 1. The molecular weight excluding hydrogens is 293 g/mol. The predicted molar refractivity (Wildman–Crippen MR) is 75.5 cm³/mol. The van der Waals surface area contributed by atoms with Crippen LogP contribution in [0.1, 0.15) is 34.5 Å². The molecule has 0 fully saturated rings. The van der Waals surface area contributed by atoms with E-state index in [-0.39, 0.29) is 16.6 Å². The zero-order valence-electron chi connectivity index (χ0n) is 10.4. The highest BCUT2D eigenvalue weighted by Gasteiger charge is 2.20. The van der Waals surface area contributed by atoms with Crippen molar-refractivity contribution in [3.05, 3.63) is 65.2 Å². The molecule has 0 spiro atoms. The number of hydrogen-bond acceptors (Lipinski definition) is 1. The molecule has 1 nitrogen and oxygen atoms in total. The SMILES string of the molecule is Cc1cc(F)ccc1C(Br)C(C)c1ccccn1. The number of halogens is 2. The minimum atomic E-state index is -0.193. The molecule has 2 atom stereocenters. The van der Waals surface area contributed by atoms with Crippen molar-refractivity contribution in [2.45, 2.75) is 24.6 Å². The summed E-state index contributed by atoms with van der Waals surface area (Å²) in [6.45, 7) is 4.04. The van der Waals surface area contributed by atoms with Crippen LogP contribution >= 0.6 is 15.9 Å². The van der Waals surface area contributed by atoms with Crippen molar-refractivity contribution >= 4 is 15.9 Å². The highest BCUT2D eigenvalue weighted by Crippen LogP contribution is 2.38. The van der Waals surface area contributed by atoms with Crippen molar-refractivity contribution in [2.75, 3.05) is 0 Å². The number of rotatable bonds is 3. The average Bonchev–Trinajstić information content (AvgIpc) is 2.38. The van der Waals surface area contributed by atoms with Gasteiger partial charge in [0.25, 0.3) is 0 Å². The van der Waals surface area contributed by atoms with Crippen LogP contribution in [-0.2, 0) is 0 Å². The molecule has 3 heteroatoms. The fourth-order valence-electron chi connectivity index (χ4n) is 2.01. The minimum Gasteiger partial charge on any atom is -0.261 e. The zero-order chi connectivity index (χ0) is 13.1. The van der Waals surface area contributed by atoms with Crippen molar-refractivity contribution in [1.29, 1.82) is 0 Å². The van der Waals surface area contributed by atoms with Gasteiger partial charge in [0.15, 0.2) is 0 Å². The quantitative estimate of drug-likeness (QED) is 0.744. The second-order valence-electron chi connectivity index (χ2n) is 4.45. The largest absolute Gasteiger partial charge is 0.261 e. The van der Waals surface area contributed by atoms with Crippen molar-refractivity contribution in [3.8, 4) is 0 Å². The number of pyridine rings is 1. The first kappa shape index (κ1) is 13.2. The summed E-state index contributed by atoms with van der Waals surface area (Å²) >= 11 is 3.70. The lowest BCUT2D eigenvalue weighted by molar-refractivity contribution is 0.624. The van der Waals surface area contributed by atoms with E-state index in [0.717, 1.165) is 16.8 Å². The lowest BCUT2D eigenvalue weighted by Gasteiger charge is -2.20. The number of hydrogen-bond donors (Lipinski definition) is 0. The summed E-state index contributed by atoms with van der Waals surface area (Å²) in [5.41, 5.74) is 3.09. The van der Waals surface area contributed by atoms with Gasteiger partial charge in [0.2, 0.25) is 0 Å². The van der Waals surface area contributed by atoms with Crippen molar-refractivity contribution in [3.63, 3.8) is 0 Å². The normalized spacial score (nSPS) is 14.2. The van der Waals surface area contributed by atoms with Crippen LogP contribution in [0.2, 0.25) is 0 Å². The Morgan fingerprint density at radius 1 is 1.22 bits per heavy atom. The molecule has 1 heterocycles. The smallest absolute Gasteiger partial charge is 0.123 e. The Morgan fingerprint density at radius 2 is 2.00 bits per heavy atom. The van der Waals surface area contributed by atoms with Crippen LogP contribution in [-0.4, -0.2) is 4.98 Å². The molecule has 0 bridgehead atoms. The Morgan fingerprint density at radius 3 is 2.61 bits per heavy atom. The second-order valence-corrected chi connectivity index (χ2v) is 5.43. The van der Waals surface area contributed by atoms with Gasteiger partial charge in [0.1, 0.15) is 5.82 Å². The van der Waals surface area contributed by atoms with Crippen LogP contribution in [0.25, 0.3) is 0 Å². The molecule has 18 heavy (non-hydrogen) atoms. The first-order valence-corrected chi connectivity index (χ1v) is 6.82. The Labute approximate surface area is 115 Å². The van der Waals surface area contributed by atoms with Gasteiger partial charge >= 0.3 is 0 Å². The van der Waals surface area contributed by atoms with E-state index in [0.29, 0.717) is 0 Å². The summed E-state index contributed by atoms with van der Waals surface area (Å²) in [7, 11) is 0. The van der Waals surface area contributed by atoms with Gasteiger partial charge < -0.3 is 0 Å². The molecule has 2 aromatic rings. The van der Waals surface area contributed by atoms with E-state index >= 15 is 0 Å². The molecular formula is C15H15BrFN. The molecule has 0 aliphatic rings. The molecule has 1 aromatic carbocycles. The average molecular weight is 308 g/mol. The van der Waals surface area contributed by atoms with Gasteiger partial charge in [-0.3, -0.25) is 4.98 Å². The third kappa shape index (κ3) is 2.78. The summed E-state index contributed by atoms with van der Waals surface area (Å²) in [6, 6.07) is 10.8. The number of aryl methyl sites for hydroxylation is 1. The number of aromatic nitrogens is 1. The maximum Gasteiger partial charge on any atom is 0.123 e. The topological polar surface area (TPSA) is 12.9 Å². The highest BCUT2D eigenvalue weighted by atomic mass is 79.9. The number of nitrogens with zero attached hydrogens (tertiary/aromatic N) is 1. The first-order chi connectivity index (χ1) is 8.59. The van der Waals surface area contributed by atoms with Crippen LogP contribution in [0.5, 0.6) is 0 Å². The van der Waals surface area contributed by atoms with Crippen molar-refractivity contribution in [1.82, 2.24) is 4.98 Å². The van der Waals surface area contributed by atoms with Crippen LogP contribution in [0.15, 0.2) is 42.6 Å². The molecule has 0 N–H and O–H groups in total. The highest BCUT2D eigenvalue weighted by molar-refractivity contribution is 9.09. The van der Waals surface area contributed by atoms with Gasteiger partial charge in [-0.2, -0.15) is 0 Å². The molecule has 0 amide bonds. The van der Waals surface area contributed by atoms with E-state index in [9.17, 15) is 4.39 Å². The third-order valence-electron chi connectivity index (χ3n) is 3.12. The molecule has 0 saturated heterocycles. The first-order valence-electron chi connectivity index (χ1n) is 5.90. The predicted octanol–water partition coefficient (Wildman–Crippen LogP) is 4.77. The monoisotopic (exact) mass is 307 g/mol. The van der Waals surface area contributed by atoms with Gasteiger partial charge in [-0.1, -0.05) is 35.0 Å². The van der Waals surface area contributed by atoms with Crippen LogP contribution in [0.3, 0.4) is 0 Å². The summed E-state index contributed by atoms with van der Waals surface area (Å²) in [5, 5.41) is 0. The molecule has 0 aliphatic carbocycles. The van der Waals surface area contributed by atoms with E-state index in [1.807, 2.05) is 31.2 Å². The van der Waals surface area contributed by atoms with Crippen molar-refractivity contribution in [2.24, 2.45) is 0 Å². The standard InChI is InChI=1S/C15H15BrFN/c1-10-9-12(17)6-7-13(10)15(16)11(2)14-5-3-4-8-18-14/h3-9,11,15H,1-2H3. The number of alkyl halides is 1. The zero-order valence-corrected chi connectivity index (χ0v) is 12.0. The molecule has 0 aliphatic heterocycles. The second kappa shape index (κ2) is 5.61. The fourth-order valence-corrected chi connectivity index (χ4v) is 2.80. The fraction of sp³-hybridized carbons (Fsp3) is 0.267. The van der Waals surface area contributed by atoms with E-state index in [2.05, 4.69) is 27.8 Å². The molecule has 0 saturated carbocycles. The van der Waals surface area contributed by atoms with E-state index in [4.69, 9.17) is 0 Å². The lowest BCUT2D eigenvalue weighted by atomic mass is 9.94. The van der Waals surface area contributed by atoms with Crippen LogP contribution in [0, 0.1) is 12.7 Å². The van der Waals surface area contributed by atoms with E-state index < -0.39 is 0 Å². The molecule has 94 valence electrons. The van der Waals surface area contributed by atoms with Crippen LogP contribution < -0.4 is 0 Å². The Balaban J connectivity index is 2.28. The maximum atomic E-state index is 13.1. The molecule has 2 unspecified atom stereocenters. The minimum absolute atomic E-state index is 0.132.